The van der Waals surface area contributed by atoms with Crippen molar-refractivity contribution in [2.45, 2.75) is 66.1 Å². The maximum absolute atomic E-state index is 10.2. The second-order valence-electron chi connectivity index (χ2n) is 6.84. The van der Waals surface area contributed by atoms with Crippen molar-refractivity contribution in [3.8, 4) is 5.75 Å². The fourth-order valence-electron chi connectivity index (χ4n) is 2.91. The standard InChI is InChI=1S/C17H26O2/c1-11-8-12(2)13(3)15(9-11)19-16-10-17(4,5)7-6-14(16)18/h8-9,14,16,18H,6-7,10H2,1-5H3. The Kier molecular flexibility index (Phi) is 3.91. The van der Waals surface area contributed by atoms with Crippen LogP contribution >= 0.6 is 0 Å². The highest BCUT2D eigenvalue weighted by atomic mass is 16.5. The first-order valence-corrected chi connectivity index (χ1v) is 7.21. The average molecular weight is 262 g/mol. The molecule has 1 N–H and O–H groups in total. The first kappa shape index (κ1) is 14.4. The fourth-order valence-corrected chi connectivity index (χ4v) is 2.91. The minimum Gasteiger partial charge on any atom is -0.487 e. The molecule has 0 aliphatic heterocycles. The molecule has 2 heteroatoms. The number of aliphatic hydroxyl groups excluding tert-OH is 1. The van der Waals surface area contributed by atoms with Crippen LogP contribution in [0.2, 0.25) is 0 Å². The molecule has 106 valence electrons. The summed E-state index contributed by atoms with van der Waals surface area (Å²) in [5.41, 5.74) is 3.90. The number of aliphatic hydroxyl groups is 1. The predicted octanol–water partition coefficient (Wildman–Crippen LogP) is 3.93. The molecule has 19 heavy (non-hydrogen) atoms. The Labute approximate surface area is 116 Å². The van der Waals surface area contributed by atoms with E-state index < -0.39 is 0 Å². The minimum atomic E-state index is -0.340. The van der Waals surface area contributed by atoms with Gasteiger partial charge in [0.1, 0.15) is 11.9 Å². The van der Waals surface area contributed by atoms with Gasteiger partial charge in [-0.15, -0.1) is 0 Å². The molecule has 0 heterocycles. The molecule has 1 aromatic carbocycles. The summed E-state index contributed by atoms with van der Waals surface area (Å²) in [4.78, 5) is 0. The van der Waals surface area contributed by atoms with Crippen LogP contribution in [0.1, 0.15) is 49.8 Å². The molecule has 2 rings (SSSR count). The van der Waals surface area contributed by atoms with Gasteiger partial charge in [-0.2, -0.15) is 0 Å². The Morgan fingerprint density at radius 3 is 2.58 bits per heavy atom. The number of hydrogen-bond donors (Lipinski definition) is 1. The highest BCUT2D eigenvalue weighted by Gasteiger charge is 2.35. The number of ether oxygens (including phenoxy) is 1. The van der Waals surface area contributed by atoms with Gasteiger partial charge >= 0.3 is 0 Å². The van der Waals surface area contributed by atoms with E-state index in [0.717, 1.165) is 25.0 Å². The molecule has 1 aromatic rings. The molecule has 2 nitrogen and oxygen atoms in total. The lowest BCUT2D eigenvalue weighted by Crippen LogP contribution is -2.41. The minimum absolute atomic E-state index is 0.0800. The maximum Gasteiger partial charge on any atom is 0.125 e. The first-order valence-electron chi connectivity index (χ1n) is 7.21. The van der Waals surface area contributed by atoms with Crippen LogP contribution in [-0.2, 0) is 0 Å². The topological polar surface area (TPSA) is 29.5 Å². The van der Waals surface area contributed by atoms with Crippen molar-refractivity contribution in [3.05, 3.63) is 28.8 Å². The molecule has 2 atom stereocenters. The van der Waals surface area contributed by atoms with E-state index in [1.165, 1.54) is 16.7 Å². The Bertz CT molecular complexity index is 463. The Morgan fingerprint density at radius 2 is 1.89 bits per heavy atom. The van der Waals surface area contributed by atoms with E-state index in [2.05, 4.69) is 46.8 Å². The third-order valence-electron chi connectivity index (χ3n) is 4.34. The van der Waals surface area contributed by atoms with Crippen LogP contribution in [0, 0.1) is 26.2 Å². The number of benzene rings is 1. The van der Waals surface area contributed by atoms with E-state index in [4.69, 9.17) is 4.74 Å². The van der Waals surface area contributed by atoms with Gasteiger partial charge in [0, 0.05) is 0 Å². The van der Waals surface area contributed by atoms with E-state index in [0.29, 0.717) is 0 Å². The van der Waals surface area contributed by atoms with Crippen LogP contribution in [0.3, 0.4) is 0 Å². The number of rotatable bonds is 2. The van der Waals surface area contributed by atoms with E-state index in [-0.39, 0.29) is 17.6 Å². The van der Waals surface area contributed by atoms with Gasteiger partial charge in [-0.3, -0.25) is 0 Å². The summed E-state index contributed by atoms with van der Waals surface area (Å²) in [7, 11) is 0. The van der Waals surface area contributed by atoms with Gasteiger partial charge in [0.25, 0.3) is 0 Å². The van der Waals surface area contributed by atoms with E-state index in [1.54, 1.807) is 0 Å². The van der Waals surface area contributed by atoms with Crippen LogP contribution < -0.4 is 4.74 Å². The zero-order valence-electron chi connectivity index (χ0n) is 12.8. The van der Waals surface area contributed by atoms with Gasteiger partial charge in [0.2, 0.25) is 0 Å². The molecule has 1 saturated carbocycles. The van der Waals surface area contributed by atoms with Crippen molar-refractivity contribution in [1.82, 2.24) is 0 Å². The lowest BCUT2D eigenvalue weighted by molar-refractivity contribution is -0.0307. The van der Waals surface area contributed by atoms with Crippen molar-refractivity contribution in [2.24, 2.45) is 5.41 Å². The molecule has 0 saturated heterocycles. The lowest BCUT2D eigenvalue weighted by Gasteiger charge is -2.38. The second-order valence-corrected chi connectivity index (χ2v) is 6.84. The monoisotopic (exact) mass is 262 g/mol. The van der Waals surface area contributed by atoms with Gasteiger partial charge in [0.15, 0.2) is 0 Å². The molecule has 1 aliphatic rings. The van der Waals surface area contributed by atoms with Crippen LogP contribution in [-0.4, -0.2) is 17.3 Å². The van der Waals surface area contributed by atoms with Crippen molar-refractivity contribution in [2.75, 3.05) is 0 Å². The Balaban J connectivity index is 2.20. The zero-order valence-corrected chi connectivity index (χ0v) is 12.8. The van der Waals surface area contributed by atoms with E-state index >= 15 is 0 Å². The first-order chi connectivity index (χ1) is 8.78. The summed E-state index contributed by atoms with van der Waals surface area (Å²) in [6.07, 6.45) is 2.40. The van der Waals surface area contributed by atoms with Crippen molar-refractivity contribution in [1.29, 1.82) is 0 Å². The quantitative estimate of drug-likeness (QED) is 0.875. The third kappa shape index (κ3) is 3.30. The summed E-state index contributed by atoms with van der Waals surface area (Å²) in [6, 6.07) is 4.25. The summed E-state index contributed by atoms with van der Waals surface area (Å²) >= 11 is 0. The smallest absolute Gasteiger partial charge is 0.125 e. The molecule has 0 spiro atoms. The molecule has 2 unspecified atom stereocenters. The third-order valence-corrected chi connectivity index (χ3v) is 4.34. The van der Waals surface area contributed by atoms with Crippen LogP contribution in [0.15, 0.2) is 12.1 Å². The summed E-state index contributed by atoms with van der Waals surface area (Å²) in [5.74, 6) is 0.930. The maximum atomic E-state index is 10.2. The lowest BCUT2D eigenvalue weighted by atomic mass is 9.75. The van der Waals surface area contributed by atoms with Crippen molar-refractivity contribution >= 4 is 0 Å². The van der Waals surface area contributed by atoms with Gasteiger partial charge in [-0.1, -0.05) is 19.9 Å². The molecule has 0 aromatic heterocycles. The number of aryl methyl sites for hydroxylation is 2. The van der Waals surface area contributed by atoms with Gasteiger partial charge in [-0.25, -0.2) is 0 Å². The van der Waals surface area contributed by atoms with Crippen LogP contribution in [0.25, 0.3) is 0 Å². The highest BCUT2D eigenvalue weighted by molar-refractivity contribution is 5.42. The predicted molar refractivity (Wildman–Crippen MR) is 78.7 cm³/mol. The van der Waals surface area contributed by atoms with Crippen molar-refractivity contribution in [3.63, 3.8) is 0 Å². The van der Waals surface area contributed by atoms with Gasteiger partial charge in [-0.05, 0) is 68.2 Å². The molecule has 0 amide bonds. The summed E-state index contributed by atoms with van der Waals surface area (Å²) in [5, 5.41) is 10.2. The Morgan fingerprint density at radius 1 is 1.21 bits per heavy atom. The van der Waals surface area contributed by atoms with Gasteiger partial charge < -0.3 is 9.84 Å². The Hall–Kier alpha value is -1.02. The second kappa shape index (κ2) is 5.16. The van der Waals surface area contributed by atoms with E-state index in [1.807, 2.05) is 0 Å². The SMILES string of the molecule is Cc1cc(C)c(C)c(OC2CC(C)(C)CCC2O)c1. The van der Waals surface area contributed by atoms with E-state index in [9.17, 15) is 5.11 Å². The molecule has 0 radical (unpaired) electrons. The van der Waals surface area contributed by atoms with Crippen molar-refractivity contribution < 1.29 is 9.84 Å². The molecule has 0 bridgehead atoms. The van der Waals surface area contributed by atoms with Crippen LogP contribution in [0.4, 0.5) is 0 Å². The molecular weight excluding hydrogens is 236 g/mol. The molecule has 1 aliphatic carbocycles. The zero-order chi connectivity index (χ0) is 14.2. The summed E-state index contributed by atoms with van der Waals surface area (Å²) < 4.78 is 6.15. The largest absolute Gasteiger partial charge is 0.487 e. The number of hydrogen-bond acceptors (Lipinski definition) is 2. The van der Waals surface area contributed by atoms with Crippen LogP contribution in [0.5, 0.6) is 5.75 Å². The fraction of sp³-hybridized carbons (Fsp3) is 0.647. The average Bonchev–Trinajstić information content (AvgIpc) is 2.30. The summed E-state index contributed by atoms with van der Waals surface area (Å²) in [6.45, 7) is 10.8. The van der Waals surface area contributed by atoms with Gasteiger partial charge in [0.05, 0.1) is 6.10 Å². The molecular formula is C17H26O2. The molecule has 1 fully saturated rings. The normalized spacial score (nSPS) is 26.2. The highest BCUT2D eigenvalue weighted by Crippen LogP contribution is 2.38.